The van der Waals surface area contributed by atoms with Crippen molar-refractivity contribution < 1.29 is 14.3 Å². The van der Waals surface area contributed by atoms with Crippen LogP contribution in [0.4, 0.5) is 10.6 Å². The highest BCUT2D eigenvalue weighted by Gasteiger charge is 2.44. The van der Waals surface area contributed by atoms with Crippen LogP contribution in [0.2, 0.25) is 0 Å². The van der Waals surface area contributed by atoms with Crippen molar-refractivity contribution in [2.45, 2.75) is 51.3 Å². The van der Waals surface area contributed by atoms with E-state index in [1.54, 1.807) is 24.3 Å². The van der Waals surface area contributed by atoms with Gasteiger partial charge in [-0.25, -0.2) is 9.78 Å². The van der Waals surface area contributed by atoms with Gasteiger partial charge in [0.25, 0.3) is 0 Å². The van der Waals surface area contributed by atoms with E-state index in [0.29, 0.717) is 30.2 Å². The Kier molecular flexibility index (Phi) is 4.46. The lowest BCUT2D eigenvalue weighted by Crippen LogP contribution is -2.56. The van der Waals surface area contributed by atoms with Crippen molar-refractivity contribution in [2.24, 2.45) is 0 Å². The molecule has 2 aliphatic heterocycles. The van der Waals surface area contributed by atoms with E-state index in [1.165, 1.54) is 0 Å². The van der Waals surface area contributed by atoms with Crippen LogP contribution in [0.3, 0.4) is 0 Å². The molecule has 2 bridgehead atoms. The molecule has 7 nitrogen and oxygen atoms in total. The van der Waals surface area contributed by atoms with Gasteiger partial charge < -0.3 is 19.3 Å². The number of ether oxygens (including phenoxy) is 2. The zero-order valence-electron chi connectivity index (χ0n) is 15.2. The number of aromatic nitrogens is 1. The Bertz CT molecular complexity index is 693. The third-order valence-electron chi connectivity index (χ3n) is 4.59. The van der Waals surface area contributed by atoms with Gasteiger partial charge in [-0.1, -0.05) is 0 Å². The SMILES string of the molecule is COc1c(C#N)ccnc1N1C2CCC1CN(C(=O)OC(C)(C)C)C2. The van der Waals surface area contributed by atoms with E-state index in [2.05, 4.69) is 16.0 Å². The molecule has 2 aliphatic rings. The molecule has 0 saturated carbocycles. The van der Waals surface area contributed by atoms with Crippen molar-refractivity contribution in [2.75, 3.05) is 25.1 Å². The average Bonchev–Trinajstić information content (AvgIpc) is 2.81. The summed E-state index contributed by atoms with van der Waals surface area (Å²) in [6.07, 6.45) is 3.32. The third kappa shape index (κ3) is 3.34. The Morgan fingerprint density at radius 1 is 1.32 bits per heavy atom. The molecule has 2 atom stereocenters. The lowest BCUT2D eigenvalue weighted by Gasteiger charge is -2.42. The van der Waals surface area contributed by atoms with Gasteiger partial charge in [0.1, 0.15) is 11.7 Å². The Hall–Kier alpha value is -2.49. The Labute approximate surface area is 148 Å². The molecule has 0 spiro atoms. The molecule has 2 saturated heterocycles. The maximum Gasteiger partial charge on any atom is 0.410 e. The van der Waals surface area contributed by atoms with Crippen LogP contribution in [-0.2, 0) is 4.74 Å². The smallest absolute Gasteiger partial charge is 0.410 e. The number of hydrogen-bond donors (Lipinski definition) is 0. The fraction of sp³-hybridized carbons (Fsp3) is 0.611. The first-order valence-corrected chi connectivity index (χ1v) is 8.53. The number of rotatable bonds is 2. The first-order chi connectivity index (χ1) is 11.8. The van der Waals surface area contributed by atoms with Gasteiger partial charge in [-0.2, -0.15) is 5.26 Å². The highest BCUT2D eigenvalue weighted by atomic mass is 16.6. The first-order valence-electron chi connectivity index (χ1n) is 8.53. The van der Waals surface area contributed by atoms with Gasteiger partial charge >= 0.3 is 6.09 Å². The Morgan fingerprint density at radius 2 is 1.96 bits per heavy atom. The molecular formula is C18H24N4O3. The number of nitrogens with zero attached hydrogens (tertiary/aromatic N) is 4. The van der Waals surface area contributed by atoms with Crippen molar-refractivity contribution in [1.29, 1.82) is 5.26 Å². The van der Waals surface area contributed by atoms with Crippen molar-refractivity contribution in [3.8, 4) is 11.8 Å². The Morgan fingerprint density at radius 3 is 2.48 bits per heavy atom. The maximum atomic E-state index is 12.4. The van der Waals surface area contributed by atoms with E-state index in [1.807, 2.05) is 20.8 Å². The van der Waals surface area contributed by atoms with Gasteiger partial charge in [-0.15, -0.1) is 0 Å². The number of piperazine rings is 1. The van der Waals surface area contributed by atoms with Crippen molar-refractivity contribution in [3.63, 3.8) is 0 Å². The average molecular weight is 344 g/mol. The molecule has 25 heavy (non-hydrogen) atoms. The van der Waals surface area contributed by atoms with Gasteiger partial charge in [0, 0.05) is 31.4 Å². The van der Waals surface area contributed by atoms with Gasteiger partial charge in [-0.05, 0) is 39.7 Å². The molecule has 2 fully saturated rings. The minimum Gasteiger partial charge on any atom is -0.492 e. The van der Waals surface area contributed by atoms with E-state index in [-0.39, 0.29) is 18.2 Å². The molecule has 0 N–H and O–H groups in total. The summed E-state index contributed by atoms with van der Waals surface area (Å²) in [6, 6.07) is 4.12. The number of pyridine rings is 1. The van der Waals surface area contributed by atoms with E-state index in [4.69, 9.17) is 9.47 Å². The standard InChI is InChI=1S/C18H24N4O3/c1-18(2,3)25-17(23)21-10-13-5-6-14(11-21)22(13)16-15(24-4)12(9-19)7-8-20-16/h7-8,13-14H,5-6,10-11H2,1-4H3. The topological polar surface area (TPSA) is 78.7 Å². The lowest BCUT2D eigenvalue weighted by molar-refractivity contribution is 0.0209. The summed E-state index contributed by atoms with van der Waals surface area (Å²) in [7, 11) is 1.56. The molecule has 1 aromatic rings. The molecule has 134 valence electrons. The number of methoxy groups -OCH3 is 1. The quantitative estimate of drug-likeness (QED) is 0.820. The van der Waals surface area contributed by atoms with Gasteiger partial charge in [0.05, 0.1) is 12.7 Å². The zero-order valence-corrected chi connectivity index (χ0v) is 15.2. The number of hydrogen-bond acceptors (Lipinski definition) is 6. The number of likely N-dealkylation sites (tertiary alicyclic amines) is 1. The second kappa shape index (κ2) is 6.43. The maximum absolute atomic E-state index is 12.4. The van der Waals surface area contributed by atoms with Crippen LogP contribution in [0.25, 0.3) is 0 Å². The van der Waals surface area contributed by atoms with Gasteiger partial charge in [0.15, 0.2) is 11.6 Å². The minimum absolute atomic E-state index is 0.154. The summed E-state index contributed by atoms with van der Waals surface area (Å²) in [4.78, 5) is 20.9. The second-order valence-corrected chi connectivity index (χ2v) is 7.50. The number of amides is 1. The number of anilines is 1. The fourth-order valence-corrected chi connectivity index (χ4v) is 3.63. The van der Waals surface area contributed by atoms with Crippen LogP contribution in [0.5, 0.6) is 5.75 Å². The van der Waals surface area contributed by atoms with E-state index in [0.717, 1.165) is 12.8 Å². The lowest BCUT2D eigenvalue weighted by atomic mass is 10.1. The highest BCUT2D eigenvalue weighted by Crippen LogP contribution is 2.39. The predicted octanol–water partition coefficient (Wildman–Crippen LogP) is 2.55. The number of carbonyl (C=O) groups is 1. The zero-order chi connectivity index (χ0) is 18.2. The summed E-state index contributed by atoms with van der Waals surface area (Å²) in [6.45, 7) is 6.80. The molecule has 7 heteroatoms. The number of nitriles is 1. The summed E-state index contributed by atoms with van der Waals surface area (Å²) in [5, 5.41) is 9.30. The Balaban J connectivity index is 1.83. The molecule has 3 rings (SSSR count). The molecule has 0 aliphatic carbocycles. The molecule has 2 unspecified atom stereocenters. The molecular weight excluding hydrogens is 320 g/mol. The van der Waals surface area contributed by atoms with Crippen molar-refractivity contribution in [3.05, 3.63) is 17.8 Å². The molecule has 1 amide bonds. The summed E-state index contributed by atoms with van der Waals surface area (Å²) in [5.74, 6) is 1.20. The van der Waals surface area contributed by atoms with E-state index < -0.39 is 5.60 Å². The van der Waals surface area contributed by atoms with Crippen LogP contribution < -0.4 is 9.64 Å². The summed E-state index contributed by atoms with van der Waals surface area (Å²) in [5.41, 5.74) is -0.0272. The van der Waals surface area contributed by atoms with E-state index in [9.17, 15) is 10.1 Å². The van der Waals surface area contributed by atoms with Crippen LogP contribution in [0.1, 0.15) is 39.2 Å². The van der Waals surface area contributed by atoms with Crippen LogP contribution in [0, 0.1) is 11.3 Å². The molecule has 0 aromatic carbocycles. The van der Waals surface area contributed by atoms with E-state index >= 15 is 0 Å². The predicted molar refractivity (Wildman–Crippen MR) is 92.6 cm³/mol. The second-order valence-electron chi connectivity index (χ2n) is 7.50. The van der Waals surface area contributed by atoms with Gasteiger partial charge in [-0.3, -0.25) is 0 Å². The van der Waals surface area contributed by atoms with Crippen molar-refractivity contribution in [1.82, 2.24) is 9.88 Å². The van der Waals surface area contributed by atoms with Crippen LogP contribution >= 0.6 is 0 Å². The minimum atomic E-state index is -0.501. The fourth-order valence-electron chi connectivity index (χ4n) is 3.63. The molecule has 1 aromatic heterocycles. The third-order valence-corrected chi connectivity index (χ3v) is 4.59. The van der Waals surface area contributed by atoms with Crippen LogP contribution in [0.15, 0.2) is 12.3 Å². The highest BCUT2D eigenvalue weighted by molar-refractivity contribution is 5.70. The molecule has 0 radical (unpaired) electrons. The largest absolute Gasteiger partial charge is 0.492 e. The monoisotopic (exact) mass is 344 g/mol. The van der Waals surface area contributed by atoms with Gasteiger partial charge in [0.2, 0.25) is 0 Å². The molecule has 3 heterocycles. The van der Waals surface area contributed by atoms with Crippen LogP contribution in [-0.4, -0.2) is 53.9 Å². The number of fused-ring (bicyclic) bond motifs is 2. The summed E-state index contributed by atoms with van der Waals surface area (Å²) >= 11 is 0. The first kappa shape index (κ1) is 17.3. The summed E-state index contributed by atoms with van der Waals surface area (Å²) < 4.78 is 11.0. The number of carbonyl (C=O) groups excluding carboxylic acids is 1. The normalized spacial score (nSPS) is 22.5. The van der Waals surface area contributed by atoms with Crippen molar-refractivity contribution >= 4 is 11.9 Å².